The summed E-state index contributed by atoms with van der Waals surface area (Å²) in [4.78, 5) is 9.64. The molecule has 0 heterocycles. The van der Waals surface area contributed by atoms with E-state index in [0.29, 0.717) is 0 Å². The number of carboxylic acid groups (broad SMARTS) is 1. The molecule has 0 aromatic carbocycles. The first-order valence-corrected chi connectivity index (χ1v) is 3.00. The Morgan fingerprint density at radius 3 is 1.60 bits per heavy atom. The summed E-state index contributed by atoms with van der Waals surface area (Å²) in [5.74, 6) is -18.4. The largest absolute Gasteiger partial charge is 0.476 e. The van der Waals surface area contributed by atoms with Gasteiger partial charge in [-0.1, -0.05) is 0 Å². The molecule has 15 heavy (non-hydrogen) atoms. The smallest absolute Gasteiger partial charge is 0.396 e. The van der Waals surface area contributed by atoms with E-state index in [9.17, 15) is 35.5 Å². The number of carboxylic acids is 1. The van der Waals surface area contributed by atoms with Crippen molar-refractivity contribution < 1.29 is 40.6 Å². The number of carbonyl (C=O) groups is 1. The number of halogens is 7. The Morgan fingerprint density at radius 2 is 1.33 bits per heavy atom. The molecule has 0 saturated carbocycles. The first-order valence-electron chi connectivity index (χ1n) is 3.00. The highest BCUT2D eigenvalue weighted by Gasteiger charge is 2.48. The summed E-state index contributed by atoms with van der Waals surface area (Å²) in [7, 11) is 0. The fourth-order valence-corrected chi connectivity index (χ4v) is 0.411. The lowest BCUT2D eigenvalue weighted by molar-refractivity contribution is -0.161. The second-order valence-electron chi connectivity index (χ2n) is 2.08. The van der Waals surface area contributed by atoms with Crippen molar-refractivity contribution in [1.82, 2.24) is 0 Å². The molecular formula is C6HF7O2. The lowest BCUT2D eigenvalue weighted by Gasteiger charge is -2.08. The standard InChI is InChI=1S/C6HF7O2/c7-1(2(8)4(10)11)3(9)6(12,13)5(14)15/h(H,14,15). The fraction of sp³-hybridized carbons (Fsp3) is 0.167. The second kappa shape index (κ2) is 4.32. The second-order valence-corrected chi connectivity index (χ2v) is 2.08. The van der Waals surface area contributed by atoms with Gasteiger partial charge in [-0.3, -0.25) is 0 Å². The van der Waals surface area contributed by atoms with Gasteiger partial charge in [-0.05, 0) is 0 Å². The number of alkyl halides is 2. The summed E-state index contributed by atoms with van der Waals surface area (Å²) in [6.07, 6.45) is -3.39. The zero-order chi connectivity index (χ0) is 12.4. The number of allylic oxidation sites excluding steroid dienone is 2. The van der Waals surface area contributed by atoms with E-state index in [2.05, 4.69) is 0 Å². The summed E-state index contributed by atoms with van der Waals surface area (Å²) in [5.41, 5.74) is 0. The molecular weight excluding hydrogens is 237 g/mol. The van der Waals surface area contributed by atoms with Crippen LogP contribution < -0.4 is 0 Å². The third-order valence-electron chi connectivity index (χ3n) is 1.10. The van der Waals surface area contributed by atoms with E-state index < -0.39 is 35.5 Å². The summed E-state index contributed by atoms with van der Waals surface area (Å²) < 4.78 is 83.1. The average Bonchev–Trinajstić information content (AvgIpc) is 2.13. The Kier molecular flexibility index (Phi) is 3.88. The molecule has 0 saturated heterocycles. The molecule has 2 nitrogen and oxygen atoms in total. The topological polar surface area (TPSA) is 37.3 Å². The van der Waals surface area contributed by atoms with Gasteiger partial charge in [0.2, 0.25) is 17.5 Å². The first-order chi connectivity index (χ1) is 6.62. The average molecular weight is 238 g/mol. The van der Waals surface area contributed by atoms with E-state index in [1.54, 1.807) is 0 Å². The van der Waals surface area contributed by atoms with Gasteiger partial charge in [0.05, 0.1) is 0 Å². The van der Waals surface area contributed by atoms with E-state index >= 15 is 0 Å². The summed E-state index contributed by atoms with van der Waals surface area (Å²) in [5, 5.41) is 7.66. The van der Waals surface area contributed by atoms with Crippen LogP contribution in [-0.4, -0.2) is 17.0 Å². The molecule has 9 heteroatoms. The molecule has 0 rings (SSSR count). The number of hydrogen-bond acceptors (Lipinski definition) is 1. The van der Waals surface area contributed by atoms with Crippen LogP contribution in [0.25, 0.3) is 0 Å². The van der Waals surface area contributed by atoms with E-state index in [1.807, 2.05) is 0 Å². The Hall–Kier alpha value is -1.54. The van der Waals surface area contributed by atoms with Crippen LogP contribution in [-0.2, 0) is 4.79 Å². The van der Waals surface area contributed by atoms with Crippen LogP contribution in [0.3, 0.4) is 0 Å². The number of rotatable bonds is 3. The minimum absolute atomic E-state index is 3.14. The highest BCUT2D eigenvalue weighted by Crippen LogP contribution is 2.33. The monoisotopic (exact) mass is 238 g/mol. The summed E-state index contributed by atoms with van der Waals surface area (Å²) in [6, 6.07) is 0. The van der Waals surface area contributed by atoms with Crippen LogP contribution in [0.1, 0.15) is 0 Å². The molecule has 0 radical (unpaired) electrons. The molecule has 0 fully saturated rings. The molecule has 0 aliphatic carbocycles. The molecule has 86 valence electrons. The van der Waals surface area contributed by atoms with Crippen molar-refractivity contribution in [2.75, 3.05) is 0 Å². The number of aliphatic carboxylic acids is 1. The third-order valence-corrected chi connectivity index (χ3v) is 1.10. The Balaban J connectivity index is 5.49. The molecule has 0 spiro atoms. The minimum atomic E-state index is -5.41. The Bertz CT molecular complexity index is 339. The van der Waals surface area contributed by atoms with Crippen LogP contribution in [0.5, 0.6) is 0 Å². The van der Waals surface area contributed by atoms with Crippen LogP contribution in [0, 0.1) is 0 Å². The van der Waals surface area contributed by atoms with Gasteiger partial charge in [0.15, 0.2) is 0 Å². The van der Waals surface area contributed by atoms with Crippen LogP contribution >= 0.6 is 0 Å². The first kappa shape index (κ1) is 13.5. The SMILES string of the molecule is O=C(O)C(F)(F)C(F)=C(F)C(F)=C(F)F. The number of hydrogen-bond donors (Lipinski definition) is 1. The van der Waals surface area contributed by atoms with Gasteiger partial charge in [-0.25, -0.2) is 13.6 Å². The van der Waals surface area contributed by atoms with E-state index in [4.69, 9.17) is 5.11 Å². The van der Waals surface area contributed by atoms with E-state index in [0.717, 1.165) is 0 Å². The van der Waals surface area contributed by atoms with Crippen molar-refractivity contribution >= 4 is 5.97 Å². The van der Waals surface area contributed by atoms with Gasteiger partial charge in [0.25, 0.3) is 0 Å². The van der Waals surface area contributed by atoms with Crippen molar-refractivity contribution in [2.45, 2.75) is 5.92 Å². The Labute approximate surface area is 77.3 Å². The Morgan fingerprint density at radius 1 is 0.933 bits per heavy atom. The molecule has 0 aliphatic heterocycles. The summed E-state index contributed by atoms with van der Waals surface area (Å²) in [6.45, 7) is 0. The summed E-state index contributed by atoms with van der Waals surface area (Å²) >= 11 is 0. The molecule has 0 unspecified atom stereocenters. The molecule has 1 N–H and O–H groups in total. The molecule has 0 atom stereocenters. The van der Waals surface area contributed by atoms with E-state index in [-0.39, 0.29) is 0 Å². The van der Waals surface area contributed by atoms with Crippen LogP contribution in [0.15, 0.2) is 23.6 Å². The van der Waals surface area contributed by atoms with Crippen LogP contribution in [0.2, 0.25) is 0 Å². The molecule has 0 amide bonds. The lowest BCUT2D eigenvalue weighted by atomic mass is 10.2. The van der Waals surface area contributed by atoms with Crippen molar-refractivity contribution in [3.8, 4) is 0 Å². The van der Waals surface area contributed by atoms with Gasteiger partial charge in [0.1, 0.15) is 0 Å². The highest BCUT2D eigenvalue weighted by molar-refractivity contribution is 5.79. The predicted octanol–water partition coefficient (Wildman–Crippen LogP) is 2.93. The van der Waals surface area contributed by atoms with Crippen molar-refractivity contribution in [2.24, 2.45) is 0 Å². The quantitative estimate of drug-likeness (QED) is 0.606. The minimum Gasteiger partial charge on any atom is -0.476 e. The van der Waals surface area contributed by atoms with Gasteiger partial charge in [0, 0.05) is 0 Å². The van der Waals surface area contributed by atoms with E-state index in [1.165, 1.54) is 0 Å². The maximum absolute atomic E-state index is 12.2. The van der Waals surface area contributed by atoms with Crippen molar-refractivity contribution in [1.29, 1.82) is 0 Å². The zero-order valence-corrected chi connectivity index (χ0v) is 6.50. The third kappa shape index (κ3) is 2.70. The van der Waals surface area contributed by atoms with Gasteiger partial charge in [-0.2, -0.15) is 22.0 Å². The lowest BCUT2D eigenvalue weighted by Crippen LogP contribution is -2.29. The maximum Gasteiger partial charge on any atom is 0.396 e. The molecule has 0 aromatic heterocycles. The normalized spacial score (nSPS) is 13.3. The highest BCUT2D eigenvalue weighted by atomic mass is 19.3. The van der Waals surface area contributed by atoms with Gasteiger partial charge >= 0.3 is 18.0 Å². The zero-order valence-electron chi connectivity index (χ0n) is 6.50. The van der Waals surface area contributed by atoms with Crippen LogP contribution in [0.4, 0.5) is 30.7 Å². The van der Waals surface area contributed by atoms with Crippen molar-refractivity contribution in [3.05, 3.63) is 23.6 Å². The van der Waals surface area contributed by atoms with Gasteiger partial charge < -0.3 is 5.11 Å². The molecule has 0 aliphatic rings. The maximum atomic E-state index is 12.2. The molecule has 0 aromatic rings. The van der Waals surface area contributed by atoms with Crippen molar-refractivity contribution in [3.63, 3.8) is 0 Å². The van der Waals surface area contributed by atoms with Gasteiger partial charge in [-0.15, -0.1) is 0 Å². The molecule has 0 bridgehead atoms. The fourth-order valence-electron chi connectivity index (χ4n) is 0.411. The predicted molar refractivity (Wildman–Crippen MR) is 32.2 cm³/mol.